The largest absolute Gasteiger partial charge is 0.494 e. The van der Waals surface area contributed by atoms with Gasteiger partial charge >= 0.3 is 0 Å². The number of nitrogens with one attached hydrogen (secondary N) is 1. The number of unbranched alkanes of at least 4 members (excludes halogenated alkanes) is 2. The molecule has 0 aliphatic heterocycles. The molecule has 4 heteroatoms. The van der Waals surface area contributed by atoms with Gasteiger partial charge in [0.15, 0.2) is 0 Å². The van der Waals surface area contributed by atoms with Gasteiger partial charge in [0.05, 0.1) is 6.61 Å². The molecule has 0 saturated carbocycles. The lowest BCUT2D eigenvalue weighted by Crippen LogP contribution is -2.24. The number of nitrogens with two attached hydrogens (primary N) is 1. The first-order valence-electron chi connectivity index (χ1n) is 6.42. The maximum absolute atomic E-state index is 11.9. The predicted molar refractivity (Wildman–Crippen MR) is 77.0 cm³/mol. The summed E-state index contributed by atoms with van der Waals surface area (Å²) in [6.45, 7) is 3.03. The van der Waals surface area contributed by atoms with Crippen molar-refractivity contribution in [1.82, 2.24) is 5.32 Å². The van der Waals surface area contributed by atoms with Gasteiger partial charge in [0.25, 0.3) is 5.91 Å². The van der Waals surface area contributed by atoms with Crippen LogP contribution in [0.1, 0.15) is 36.5 Å². The average Bonchev–Trinajstić information content (AvgIpc) is 2.38. The van der Waals surface area contributed by atoms with Crippen molar-refractivity contribution in [1.29, 1.82) is 0 Å². The number of terminal acetylenes is 1. The third-order valence-corrected chi connectivity index (χ3v) is 2.54. The molecule has 0 heterocycles. The number of amides is 1. The van der Waals surface area contributed by atoms with E-state index in [4.69, 9.17) is 16.9 Å². The van der Waals surface area contributed by atoms with E-state index in [0.29, 0.717) is 30.2 Å². The summed E-state index contributed by atoms with van der Waals surface area (Å²) in [5.41, 5.74) is 6.77. The van der Waals surface area contributed by atoms with Crippen molar-refractivity contribution in [3.05, 3.63) is 23.8 Å². The summed E-state index contributed by atoms with van der Waals surface area (Å²) in [6.07, 6.45) is 7.68. The number of benzene rings is 1. The Kier molecular flexibility index (Phi) is 6.31. The van der Waals surface area contributed by atoms with Gasteiger partial charge in [-0.1, -0.05) is 0 Å². The van der Waals surface area contributed by atoms with Crippen LogP contribution in [0, 0.1) is 12.3 Å². The highest BCUT2D eigenvalue weighted by molar-refractivity contribution is 5.95. The number of hydrogen-bond acceptors (Lipinski definition) is 3. The van der Waals surface area contributed by atoms with Crippen LogP contribution in [0.4, 0.5) is 5.69 Å². The molecule has 0 aliphatic rings. The van der Waals surface area contributed by atoms with Crippen molar-refractivity contribution in [3.8, 4) is 18.1 Å². The van der Waals surface area contributed by atoms with Crippen molar-refractivity contribution < 1.29 is 9.53 Å². The summed E-state index contributed by atoms with van der Waals surface area (Å²) >= 11 is 0. The number of ether oxygens (including phenoxy) is 1. The molecule has 1 aromatic rings. The molecule has 0 bridgehead atoms. The van der Waals surface area contributed by atoms with Gasteiger partial charge < -0.3 is 15.8 Å². The fraction of sp³-hybridized carbons (Fsp3) is 0.400. The van der Waals surface area contributed by atoms with E-state index in [1.165, 1.54) is 0 Å². The Morgan fingerprint density at radius 3 is 2.89 bits per heavy atom. The van der Waals surface area contributed by atoms with Gasteiger partial charge in [0.1, 0.15) is 5.75 Å². The van der Waals surface area contributed by atoms with Crippen molar-refractivity contribution in [2.24, 2.45) is 0 Å². The van der Waals surface area contributed by atoms with E-state index >= 15 is 0 Å². The molecule has 0 aromatic heterocycles. The summed E-state index contributed by atoms with van der Waals surface area (Å²) in [6, 6.07) is 5.03. The Labute approximate surface area is 114 Å². The molecular formula is C15H20N2O2. The molecule has 19 heavy (non-hydrogen) atoms. The maximum atomic E-state index is 11.9. The predicted octanol–water partition coefficient (Wildman–Crippen LogP) is 2.20. The highest BCUT2D eigenvalue weighted by Crippen LogP contribution is 2.18. The molecule has 0 aliphatic carbocycles. The Morgan fingerprint density at radius 2 is 2.21 bits per heavy atom. The quantitative estimate of drug-likeness (QED) is 0.449. The summed E-state index contributed by atoms with van der Waals surface area (Å²) in [4.78, 5) is 11.9. The second-order valence-corrected chi connectivity index (χ2v) is 4.14. The number of anilines is 1. The van der Waals surface area contributed by atoms with E-state index in [-0.39, 0.29) is 5.91 Å². The first kappa shape index (κ1) is 14.9. The molecule has 3 N–H and O–H groups in total. The smallest absolute Gasteiger partial charge is 0.251 e. The van der Waals surface area contributed by atoms with Crippen LogP contribution in [0.5, 0.6) is 5.75 Å². The third-order valence-electron chi connectivity index (χ3n) is 2.54. The summed E-state index contributed by atoms with van der Waals surface area (Å²) < 4.78 is 5.35. The number of rotatable bonds is 7. The van der Waals surface area contributed by atoms with Crippen LogP contribution in [-0.4, -0.2) is 19.1 Å². The Hall–Kier alpha value is -2.15. The Morgan fingerprint density at radius 1 is 1.42 bits per heavy atom. The van der Waals surface area contributed by atoms with Crippen LogP contribution >= 0.6 is 0 Å². The second-order valence-electron chi connectivity index (χ2n) is 4.14. The number of carbonyl (C=O) groups is 1. The molecule has 1 amide bonds. The zero-order valence-corrected chi connectivity index (χ0v) is 11.2. The van der Waals surface area contributed by atoms with Gasteiger partial charge in [-0.3, -0.25) is 4.79 Å². The van der Waals surface area contributed by atoms with Crippen LogP contribution in [0.25, 0.3) is 0 Å². The first-order chi connectivity index (χ1) is 9.17. The van der Waals surface area contributed by atoms with Gasteiger partial charge in [0.2, 0.25) is 0 Å². The Bertz CT molecular complexity index is 464. The number of hydrogen-bond donors (Lipinski definition) is 2. The van der Waals surface area contributed by atoms with Crippen LogP contribution < -0.4 is 15.8 Å². The highest BCUT2D eigenvalue weighted by Gasteiger charge is 2.07. The normalized spacial score (nSPS) is 9.68. The molecule has 0 saturated heterocycles. The molecule has 1 aromatic carbocycles. The second kappa shape index (κ2) is 8.04. The van der Waals surface area contributed by atoms with Gasteiger partial charge in [-0.25, -0.2) is 0 Å². The topological polar surface area (TPSA) is 64.4 Å². The van der Waals surface area contributed by atoms with Crippen LogP contribution in [0.3, 0.4) is 0 Å². The molecule has 102 valence electrons. The van der Waals surface area contributed by atoms with E-state index in [0.717, 1.165) is 19.3 Å². The zero-order valence-electron chi connectivity index (χ0n) is 11.2. The Balaban J connectivity index is 2.54. The minimum absolute atomic E-state index is 0.144. The molecule has 0 spiro atoms. The lowest BCUT2D eigenvalue weighted by atomic mass is 10.1. The zero-order chi connectivity index (χ0) is 14.1. The summed E-state index contributed by atoms with van der Waals surface area (Å²) in [7, 11) is 0. The van der Waals surface area contributed by atoms with Gasteiger partial charge in [-0.05, 0) is 31.9 Å². The van der Waals surface area contributed by atoms with Crippen molar-refractivity contribution >= 4 is 11.6 Å². The highest BCUT2D eigenvalue weighted by atomic mass is 16.5. The first-order valence-corrected chi connectivity index (χ1v) is 6.42. The van der Waals surface area contributed by atoms with Gasteiger partial charge in [-0.2, -0.15) is 0 Å². The van der Waals surface area contributed by atoms with E-state index in [1.807, 2.05) is 6.92 Å². The molecule has 0 atom stereocenters. The van der Waals surface area contributed by atoms with Crippen molar-refractivity contribution in [2.45, 2.75) is 26.2 Å². The molecular weight excluding hydrogens is 240 g/mol. The lowest BCUT2D eigenvalue weighted by Gasteiger charge is -2.08. The maximum Gasteiger partial charge on any atom is 0.251 e. The standard InChI is InChI=1S/C15H20N2O2/c1-3-5-6-7-8-17-15(18)12-9-13(16)11-14(10-12)19-4-2/h1,9-11H,4-8,16H2,2H3,(H,17,18). The van der Waals surface area contributed by atoms with E-state index in [2.05, 4.69) is 11.2 Å². The minimum Gasteiger partial charge on any atom is -0.494 e. The average molecular weight is 260 g/mol. The minimum atomic E-state index is -0.144. The summed E-state index contributed by atoms with van der Waals surface area (Å²) in [5.74, 6) is 3.04. The lowest BCUT2D eigenvalue weighted by molar-refractivity contribution is 0.0952. The summed E-state index contributed by atoms with van der Waals surface area (Å²) in [5, 5.41) is 2.84. The van der Waals surface area contributed by atoms with Crippen molar-refractivity contribution in [3.63, 3.8) is 0 Å². The molecule has 1 rings (SSSR count). The fourth-order valence-corrected chi connectivity index (χ4v) is 1.66. The van der Waals surface area contributed by atoms with Crippen LogP contribution in [0.15, 0.2) is 18.2 Å². The molecule has 0 unspecified atom stereocenters. The van der Waals surface area contributed by atoms with Crippen LogP contribution in [-0.2, 0) is 0 Å². The number of carbonyl (C=O) groups excluding carboxylic acids is 1. The van der Waals surface area contributed by atoms with Crippen LogP contribution in [0.2, 0.25) is 0 Å². The van der Waals surface area contributed by atoms with E-state index in [1.54, 1.807) is 18.2 Å². The van der Waals surface area contributed by atoms with E-state index in [9.17, 15) is 4.79 Å². The van der Waals surface area contributed by atoms with Gasteiger partial charge in [-0.15, -0.1) is 12.3 Å². The number of nitrogen functional groups attached to an aromatic ring is 1. The van der Waals surface area contributed by atoms with Gasteiger partial charge in [0, 0.05) is 30.3 Å². The third kappa shape index (κ3) is 5.35. The monoisotopic (exact) mass is 260 g/mol. The molecule has 0 radical (unpaired) electrons. The fourth-order valence-electron chi connectivity index (χ4n) is 1.66. The van der Waals surface area contributed by atoms with E-state index < -0.39 is 0 Å². The molecule has 4 nitrogen and oxygen atoms in total. The SMILES string of the molecule is C#CCCCCNC(=O)c1cc(N)cc(OCC)c1. The molecule has 0 fully saturated rings. The van der Waals surface area contributed by atoms with Crippen molar-refractivity contribution in [2.75, 3.05) is 18.9 Å².